The van der Waals surface area contributed by atoms with E-state index in [1.54, 1.807) is 24.3 Å². The van der Waals surface area contributed by atoms with Gasteiger partial charge >= 0.3 is 0 Å². The van der Waals surface area contributed by atoms with Gasteiger partial charge < -0.3 is 14.8 Å². The zero-order valence-electron chi connectivity index (χ0n) is 19.0. The van der Waals surface area contributed by atoms with Crippen molar-refractivity contribution in [3.8, 4) is 11.5 Å². The Hall–Kier alpha value is -3.78. The van der Waals surface area contributed by atoms with Crippen LogP contribution in [0.1, 0.15) is 24.1 Å². The van der Waals surface area contributed by atoms with E-state index >= 15 is 0 Å². The van der Waals surface area contributed by atoms with Gasteiger partial charge in [0.1, 0.15) is 25.6 Å². The second-order valence-corrected chi connectivity index (χ2v) is 9.27. The van der Waals surface area contributed by atoms with Crippen LogP contribution in [0, 0.1) is 5.82 Å². The number of hydrogen-bond acceptors (Lipinski definition) is 5. The van der Waals surface area contributed by atoms with Crippen LogP contribution < -0.4 is 19.7 Å². The summed E-state index contributed by atoms with van der Waals surface area (Å²) in [5, 5.41) is 2.96. The fraction of sp³-hybridized carbons (Fsp3) is 0.185. The van der Waals surface area contributed by atoms with Gasteiger partial charge in [-0.2, -0.15) is 0 Å². The molecule has 0 radical (unpaired) electrons. The molecule has 6 nitrogen and oxygen atoms in total. The first-order valence-corrected chi connectivity index (χ1v) is 12.0. The number of hydrogen-bond donors (Lipinski definition) is 1. The Labute approximate surface area is 206 Å². The normalized spacial score (nSPS) is 16.6. The summed E-state index contributed by atoms with van der Waals surface area (Å²) >= 11 is 1.27. The van der Waals surface area contributed by atoms with Crippen LogP contribution in [-0.2, 0) is 9.59 Å². The summed E-state index contributed by atoms with van der Waals surface area (Å²) in [7, 11) is 0. The van der Waals surface area contributed by atoms with E-state index in [-0.39, 0.29) is 24.4 Å². The summed E-state index contributed by atoms with van der Waals surface area (Å²) in [5.41, 5.74) is 1.83. The number of carbonyl (C=O) groups is 2. The monoisotopic (exact) mass is 490 g/mol. The summed E-state index contributed by atoms with van der Waals surface area (Å²) in [6.45, 7) is 2.69. The molecule has 35 heavy (non-hydrogen) atoms. The van der Waals surface area contributed by atoms with Gasteiger partial charge in [-0.05, 0) is 48.9 Å². The lowest BCUT2D eigenvalue weighted by Gasteiger charge is -2.30. The molecule has 3 aromatic rings. The average Bonchev–Trinajstić information content (AvgIpc) is 2.87. The number of halogens is 1. The Morgan fingerprint density at radius 1 is 1.09 bits per heavy atom. The molecule has 0 unspecified atom stereocenters. The van der Waals surface area contributed by atoms with Crippen LogP contribution in [0.25, 0.3) is 6.08 Å². The molecule has 0 saturated heterocycles. The molecule has 2 aliphatic heterocycles. The zero-order valence-corrected chi connectivity index (χ0v) is 19.8. The number of benzene rings is 3. The molecular weight excluding hydrogens is 467 g/mol. The lowest BCUT2D eigenvalue weighted by atomic mass is 10.1. The molecule has 5 rings (SSSR count). The smallest absolute Gasteiger partial charge is 0.265 e. The zero-order chi connectivity index (χ0) is 24.4. The van der Waals surface area contributed by atoms with Gasteiger partial charge in [0, 0.05) is 10.5 Å². The van der Waals surface area contributed by atoms with E-state index in [1.807, 2.05) is 43.3 Å². The Kier molecular flexibility index (Phi) is 6.46. The molecule has 178 valence electrons. The molecule has 2 heterocycles. The minimum atomic E-state index is -0.412. The molecule has 1 N–H and O–H groups in total. The fourth-order valence-corrected chi connectivity index (χ4v) is 5.05. The van der Waals surface area contributed by atoms with Gasteiger partial charge in [-0.3, -0.25) is 14.5 Å². The third-order valence-electron chi connectivity index (χ3n) is 5.77. The van der Waals surface area contributed by atoms with Crippen molar-refractivity contribution in [3.05, 3.63) is 88.6 Å². The Bertz CT molecular complexity index is 1330. The number of para-hydroxylation sites is 1. The van der Waals surface area contributed by atoms with Crippen molar-refractivity contribution < 1.29 is 23.5 Å². The van der Waals surface area contributed by atoms with E-state index in [0.29, 0.717) is 40.9 Å². The van der Waals surface area contributed by atoms with Gasteiger partial charge in [-0.25, -0.2) is 4.39 Å². The van der Waals surface area contributed by atoms with Gasteiger partial charge in [0.2, 0.25) is 5.91 Å². The molecule has 2 amide bonds. The van der Waals surface area contributed by atoms with Crippen molar-refractivity contribution in [2.24, 2.45) is 0 Å². The molecule has 3 aromatic carbocycles. The van der Waals surface area contributed by atoms with E-state index in [4.69, 9.17) is 9.47 Å². The topological polar surface area (TPSA) is 67.9 Å². The van der Waals surface area contributed by atoms with Crippen LogP contribution in [0.2, 0.25) is 0 Å². The summed E-state index contributed by atoms with van der Waals surface area (Å²) in [6.07, 6.45) is 1.53. The number of amides is 2. The van der Waals surface area contributed by atoms with E-state index in [0.717, 1.165) is 10.5 Å². The minimum absolute atomic E-state index is 0.167. The van der Waals surface area contributed by atoms with Crippen LogP contribution in [-0.4, -0.2) is 31.6 Å². The van der Waals surface area contributed by atoms with E-state index in [2.05, 4.69) is 5.32 Å². The lowest BCUT2D eigenvalue weighted by Crippen LogP contribution is -2.43. The fourth-order valence-electron chi connectivity index (χ4n) is 4.00. The predicted molar refractivity (Wildman–Crippen MR) is 133 cm³/mol. The quantitative estimate of drug-likeness (QED) is 0.513. The van der Waals surface area contributed by atoms with Crippen LogP contribution in [0.5, 0.6) is 11.5 Å². The highest BCUT2D eigenvalue weighted by molar-refractivity contribution is 8.04. The number of ether oxygens (including phenoxy) is 2. The van der Waals surface area contributed by atoms with Crippen molar-refractivity contribution in [1.82, 2.24) is 5.32 Å². The van der Waals surface area contributed by atoms with Crippen LogP contribution >= 0.6 is 11.8 Å². The number of nitrogens with zero attached hydrogens (tertiary/aromatic N) is 1. The maximum absolute atomic E-state index is 14.2. The maximum Gasteiger partial charge on any atom is 0.265 e. The van der Waals surface area contributed by atoms with Crippen LogP contribution in [0.15, 0.2) is 76.5 Å². The number of nitrogens with one attached hydrogen (secondary N) is 1. The van der Waals surface area contributed by atoms with Crippen molar-refractivity contribution in [2.45, 2.75) is 17.9 Å². The highest BCUT2D eigenvalue weighted by Gasteiger charge is 2.31. The molecule has 0 aromatic heterocycles. The molecule has 1 atom stereocenters. The first kappa shape index (κ1) is 23.0. The first-order chi connectivity index (χ1) is 17.0. The minimum Gasteiger partial charge on any atom is -0.486 e. The third kappa shape index (κ3) is 4.88. The van der Waals surface area contributed by atoms with E-state index < -0.39 is 5.82 Å². The summed E-state index contributed by atoms with van der Waals surface area (Å²) in [5.74, 6) is 0.257. The van der Waals surface area contributed by atoms with Gasteiger partial charge in [0.05, 0.1) is 16.6 Å². The van der Waals surface area contributed by atoms with E-state index in [1.165, 1.54) is 28.8 Å². The third-order valence-corrected chi connectivity index (χ3v) is 6.85. The van der Waals surface area contributed by atoms with Crippen LogP contribution in [0.3, 0.4) is 0 Å². The molecule has 0 bridgehead atoms. The van der Waals surface area contributed by atoms with Gasteiger partial charge in [-0.15, -0.1) is 0 Å². The SMILES string of the molecule is C[C@H](NC(=O)CN1C(=O)/C(=C/c2ccccc2F)Sc2ccccc21)c1ccc2c(c1)OCCO2. The highest BCUT2D eigenvalue weighted by Crippen LogP contribution is 2.42. The van der Waals surface area contributed by atoms with Gasteiger partial charge in [-0.1, -0.05) is 48.2 Å². The van der Waals surface area contributed by atoms with Gasteiger partial charge in [0.25, 0.3) is 5.91 Å². The molecule has 8 heteroatoms. The molecular formula is C27H23FN2O4S. The predicted octanol–water partition coefficient (Wildman–Crippen LogP) is 4.95. The number of thioether (sulfide) groups is 1. The number of rotatable bonds is 5. The van der Waals surface area contributed by atoms with Crippen molar-refractivity contribution in [1.29, 1.82) is 0 Å². The van der Waals surface area contributed by atoms with Crippen molar-refractivity contribution in [2.75, 3.05) is 24.7 Å². The Morgan fingerprint density at radius 3 is 2.66 bits per heavy atom. The molecule has 0 fully saturated rings. The average molecular weight is 491 g/mol. The second-order valence-electron chi connectivity index (χ2n) is 8.18. The van der Waals surface area contributed by atoms with Crippen molar-refractivity contribution >= 4 is 35.3 Å². The highest BCUT2D eigenvalue weighted by atomic mass is 32.2. The standard InChI is InChI=1S/C27H23FN2O4S/c1-17(18-10-11-22-23(14-18)34-13-12-33-22)29-26(31)16-30-21-8-4-5-9-24(21)35-25(27(30)32)15-19-6-2-3-7-20(19)28/h2-11,14-15,17H,12-13,16H2,1H3,(H,29,31)/b25-15-/t17-/m0/s1. The largest absolute Gasteiger partial charge is 0.486 e. The first-order valence-electron chi connectivity index (χ1n) is 11.2. The van der Waals surface area contributed by atoms with Crippen molar-refractivity contribution in [3.63, 3.8) is 0 Å². The molecule has 0 spiro atoms. The number of carbonyl (C=O) groups excluding carboxylic acids is 2. The Morgan fingerprint density at radius 2 is 1.83 bits per heavy atom. The number of anilines is 1. The van der Waals surface area contributed by atoms with E-state index in [9.17, 15) is 14.0 Å². The Balaban J connectivity index is 1.36. The molecule has 2 aliphatic rings. The van der Waals surface area contributed by atoms with Crippen LogP contribution in [0.4, 0.5) is 10.1 Å². The lowest BCUT2D eigenvalue weighted by molar-refractivity contribution is -0.122. The summed E-state index contributed by atoms with van der Waals surface area (Å²) < 4.78 is 25.4. The summed E-state index contributed by atoms with van der Waals surface area (Å²) in [6, 6.07) is 18.9. The maximum atomic E-state index is 14.2. The second kappa shape index (κ2) is 9.84. The van der Waals surface area contributed by atoms with Gasteiger partial charge in [0.15, 0.2) is 11.5 Å². The number of fused-ring (bicyclic) bond motifs is 2. The summed E-state index contributed by atoms with van der Waals surface area (Å²) in [4.78, 5) is 29.0. The molecule has 0 saturated carbocycles. The molecule has 0 aliphatic carbocycles.